The van der Waals surface area contributed by atoms with Gasteiger partial charge in [-0.2, -0.15) is 11.8 Å². The molecule has 0 radical (unpaired) electrons. The van der Waals surface area contributed by atoms with E-state index in [9.17, 15) is 24.3 Å². The maximum atomic E-state index is 12.7. The summed E-state index contributed by atoms with van der Waals surface area (Å²) in [5.41, 5.74) is 6.65. The number of carbonyl (C=O) groups is 4. The zero-order valence-electron chi connectivity index (χ0n) is 18.8. The fourth-order valence-corrected chi connectivity index (χ4v) is 3.40. The maximum Gasteiger partial charge on any atom is 0.326 e. The second-order valence-electron chi connectivity index (χ2n) is 7.63. The van der Waals surface area contributed by atoms with Crippen LogP contribution in [0.1, 0.15) is 32.3 Å². The van der Waals surface area contributed by atoms with E-state index in [4.69, 9.17) is 5.73 Å². The van der Waals surface area contributed by atoms with Crippen LogP contribution in [-0.4, -0.2) is 65.5 Å². The molecule has 0 saturated heterocycles. The standard InChI is InChI=1S/C22H34N4O5S/c1-4-14(2)19(26-20(28)16(23)10-11-32-3)21(29)24-13-18(27)25-17(22(30)31)12-15-8-6-5-7-9-15/h5-9,14,16-17,19H,4,10-13,23H2,1-3H3,(H,24,29)(H,25,27)(H,26,28)(H,30,31). The molecule has 0 aliphatic heterocycles. The number of aliphatic carboxylic acids is 1. The number of carbonyl (C=O) groups excluding carboxylic acids is 3. The second kappa shape index (κ2) is 14.5. The zero-order chi connectivity index (χ0) is 24.1. The molecular formula is C22H34N4O5S. The van der Waals surface area contributed by atoms with Crippen molar-refractivity contribution in [3.05, 3.63) is 35.9 Å². The van der Waals surface area contributed by atoms with E-state index in [0.717, 1.165) is 11.3 Å². The van der Waals surface area contributed by atoms with Gasteiger partial charge in [0.1, 0.15) is 12.1 Å². The first-order valence-corrected chi connectivity index (χ1v) is 12.0. The number of carboxylic acid groups (broad SMARTS) is 1. The topological polar surface area (TPSA) is 151 Å². The molecule has 0 aliphatic carbocycles. The highest BCUT2D eigenvalue weighted by Gasteiger charge is 2.28. The van der Waals surface area contributed by atoms with Gasteiger partial charge in [0.25, 0.3) is 0 Å². The minimum Gasteiger partial charge on any atom is -0.480 e. The number of amides is 3. The Morgan fingerprint density at radius 2 is 1.75 bits per heavy atom. The molecule has 0 aliphatic rings. The Morgan fingerprint density at radius 1 is 1.09 bits per heavy atom. The van der Waals surface area contributed by atoms with Crippen molar-refractivity contribution >= 4 is 35.5 Å². The number of hydrogen-bond donors (Lipinski definition) is 5. The van der Waals surface area contributed by atoms with Gasteiger partial charge in [0.15, 0.2) is 0 Å². The van der Waals surface area contributed by atoms with Gasteiger partial charge in [-0.05, 0) is 29.9 Å². The van der Waals surface area contributed by atoms with Crippen LogP contribution in [-0.2, 0) is 25.6 Å². The zero-order valence-corrected chi connectivity index (χ0v) is 19.6. The third-order valence-corrected chi connectivity index (χ3v) is 5.75. The lowest BCUT2D eigenvalue weighted by molar-refractivity contribution is -0.141. The lowest BCUT2D eigenvalue weighted by Crippen LogP contribution is -2.55. The smallest absolute Gasteiger partial charge is 0.326 e. The van der Waals surface area contributed by atoms with Crippen molar-refractivity contribution in [2.24, 2.45) is 11.7 Å². The van der Waals surface area contributed by atoms with Crippen LogP contribution in [0, 0.1) is 5.92 Å². The van der Waals surface area contributed by atoms with E-state index in [1.54, 1.807) is 36.0 Å². The van der Waals surface area contributed by atoms with E-state index in [1.165, 1.54) is 0 Å². The Labute approximate surface area is 193 Å². The van der Waals surface area contributed by atoms with Gasteiger partial charge in [0, 0.05) is 6.42 Å². The first-order valence-electron chi connectivity index (χ1n) is 10.6. The summed E-state index contributed by atoms with van der Waals surface area (Å²) >= 11 is 1.58. The number of benzene rings is 1. The molecular weight excluding hydrogens is 432 g/mol. The molecule has 1 aromatic rings. The molecule has 4 atom stereocenters. The average Bonchev–Trinajstić information content (AvgIpc) is 2.78. The van der Waals surface area contributed by atoms with Crippen LogP contribution in [0.4, 0.5) is 0 Å². The van der Waals surface area contributed by atoms with Crippen molar-refractivity contribution in [3.63, 3.8) is 0 Å². The summed E-state index contributed by atoms with van der Waals surface area (Å²) in [4.78, 5) is 48.8. The fraction of sp³-hybridized carbons (Fsp3) is 0.545. The van der Waals surface area contributed by atoms with Gasteiger partial charge >= 0.3 is 5.97 Å². The van der Waals surface area contributed by atoms with Gasteiger partial charge in [-0.1, -0.05) is 50.6 Å². The molecule has 178 valence electrons. The van der Waals surface area contributed by atoms with Crippen LogP contribution in [0.2, 0.25) is 0 Å². The molecule has 9 nitrogen and oxygen atoms in total. The summed E-state index contributed by atoms with van der Waals surface area (Å²) in [6.45, 7) is 3.30. The Balaban J connectivity index is 2.66. The molecule has 1 aromatic carbocycles. The van der Waals surface area contributed by atoms with Crippen molar-refractivity contribution in [1.82, 2.24) is 16.0 Å². The molecule has 4 unspecified atom stereocenters. The summed E-state index contributed by atoms with van der Waals surface area (Å²) < 4.78 is 0. The van der Waals surface area contributed by atoms with E-state index in [2.05, 4.69) is 16.0 Å². The van der Waals surface area contributed by atoms with Crippen molar-refractivity contribution in [2.45, 2.75) is 51.2 Å². The fourth-order valence-electron chi connectivity index (χ4n) is 2.91. The van der Waals surface area contributed by atoms with Crippen LogP contribution in [0.25, 0.3) is 0 Å². The number of nitrogens with two attached hydrogens (primary N) is 1. The van der Waals surface area contributed by atoms with Crippen molar-refractivity contribution in [1.29, 1.82) is 0 Å². The first kappa shape index (κ1) is 27.4. The number of thioether (sulfide) groups is 1. The lowest BCUT2D eigenvalue weighted by Gasteiger charge is -2.25. The van der Waals surface area contributed by atoms with Gasteiger partial charge in [-0.25, -0.2) is 4.79 Å². The van der Waals surface area contributed by atoms with Gasteiger partial charge in [0.2, 0.25) is 17.7 Å². The molecule has 10 heteroatoms. The van der Waals surface area contributed by atoms with E-state index < -0.39 is 48.4 Å². The van der Waals surface area contributed by atoms with E-state index in [-0.39, 0.29) is 12.3 Å². The Bertz CT molecular complexity index is 762. The third kappa shape index (κ3) is 9.69. The van der Waals surface area contributed by atoms with Gasteiger partial charge in [-0.3, -0.25) is 14.4 Å². The van der Waals surface area contributed by atoms with Crippen LogP contribution >= 0.6 is 11.8 Å². The van der Waals surface area contributed by atoms with Gasteiger partial charge in [0.05, 0.1) is 12.6 Å². The molecule has 0 heterocycles. The molecule has 0 bridgehead atoms. The maximum absolute atomic E-state index is 12.7. The highest BCUT2D eigenvalue weighted by molar-refractivity contribution is 7.98. The molecule has 6 N–H and O–H groups in total. The largest absolute Gasteiger partial charge is 0.480 e. The van der Waals surface area contributed by atoms with Crippen LogP contribution in [0.5, 0.6) is 0 Å². The average molecular weight is 467 g/mol. The lowest BCUT2D eigenvalue weighted by atomic mass is 9.97. The van der Waals surface area contributed by atoms with Crippen LogP contribution < -0.4 is 21.7 Å². The predicted molar refractivity (Wildman–Crippen MR) is 125 cm³/mol. The molecule has 32 heavy (non-hydrogen) atoms. The van der Waals surface area contributed by atoms with E-state index >= 15 is 0 Å². The van der Waals surface area contributed by atoms with Gasteiger partial charge < -0.3 is 26.8 Å². The monoisotopic (exact) mass is 466 g/mol. The molecule has 0 spiro atoms. The molecule has 0 saturated carbocycles. The molecule has 0 fully saturated rings. The second-order valence-corrected chi connectivity index (χ2v) is 8.61. The van der Waals surface area contributed by atoms with E-state index in [0.29, 0.717) is 12.8 Å². The summed E-state index contributed by atoms with van der Waals surface area (Å²) in [7, 11) is 0. The predicted octanol–water partition coefficient (Wildman–Crippen LogP) is 0.526. The van der Waals surface area contributed by atoms with Crippen molar-refractivity contribution in [2.75, 3.05) is 18.6 Å². The normalized spacial score (nSPS) is 14.5. The van der Waals surface area contributed by atoms with Crippen LogP contribution in [0.3, 0.4) is 0 Å². The first-order chi connectivity index (χ1) is 15.2. The SMILES string of the molecule is CCC(C)C(NC(=O)C(N)CCSC)C(=O)NCC(=O)NC(Cc1ccccc1)C(=O)O. The van der Waals surface area contributed by atoms with Crippen molar-refractivity contribution in [3.8, 4) is 0 Å². The minimum absolute atomic E-state index is 0.120. The van der Waals surface area contributed by atoms with Crippen LogP contribution in [0.15, 0.2) is 30.3 Å². The summed E-state index contributed by atoms with van der Waals surface area (Å²) in [6.07, 6.45) is 3.15. The molecule has 3 amide bonds. The summed E-state index contributed by atoms with van der Waals surface area (Å²) in [5.74, 6) is -2.19. The summed E-state index contributed by atoms with van der Waals surface area (Å²) in [6, 6.07) is 6.23. The summed E-state index contributed by atoms with van der Waals surface area (Å²) in [5, 5.41) is 17.0. The Kier molecular flexibility index (Phi) is 12.4. The number of carboxylic acids is 1. The Hall–Kier alpha value is -2.59. The van der Waals surface area contributed by atoms with Gasteiger partial charge in [-0.15, -0.1) is 0 Å². The molecule has 0 aromatic heterocycles. The number of rotatable bonds is 14. The van der Waals surface area contributed by atoms with E-state index in [1.807, 2.05) is 26.2 Å². The molecule has 1 rings (SSSR count). The number of nitrogens with one attached hydrogen (secondary N) is 3. The highest BCUT2D eigenvalue weighted by Crippen LogP contribution is 2.09. The quantitative estimate of drug-likeness (QED) is 0.268. The highest BCUT2D eigenvalue weighted by atomic mass is 32.2. The minimum atomic E-state index is -1.17. The number of hydrogen-bond acceptors (Lipinski definition) is 6. The Morgan fingerprint density at radius 3 is 2.31 bits per heavy atom. The third-order valence-electron chi connectivity index (χ3n) is 5.10. The van der Waals surface area contributed by atoms with Crippen molar-refractivity contribution < 1.29 is 24.3 Å².